The average Bonchev–Trinajstić information content (AvgIpc) is 2.61. The molecule has 0 saturated carbocycles. The van der Waals surface area contributed by atoms with Gasteiger partial charge in [0.15, 0.2) is 0 Å². The highest BCUT2D eigenvalue weighted by Crippen LogP contribution is 2.31. The molecule has 0 heteroatoms. The summed E-state index contributed by atoms with van der Waals surface area (Å²) < 4.78 is 0. The maximum Gasteiger partial charge on any atom is -0.0213 e. The van der Waals surface area contributed by atoms with Gasteiger partial charge in [0.1, 0.15) is 0 Å². The van der Waals surface area contributed by atoms with Gasteiger partial charge >= 0.3 is 0 Å². The Bertz CT molecular complexity index is 729. The molecule has 0 bridgehead atoms. The van der Waals surface area contributed by atoms with Crippen LogP contribution in [-0.4, -0.2) is 0 Å². The summed E-state index contributed by atoms with van der Waals surface area (Å²) in [5.41, 5.74) is 17.8. The summed E-state index contributed by atoms with van der Waals surface area (Å²) in [7, 11) is 0. The highest BCUT2D eigenvalue weighted by Gasteiger charge is 2.15. The molecule has 0 radical (unpaired) electrons. The summed E-state index contributed by atoms with van der Waals surface area (Å²) in [6.07, 6.45) is 0. The second kappa shape index (κ2) is 9.29. The standard InChI is InChI=1S/2C14H22/c2*1-8(2)14-12(6)10(4)9(3)11(5)13(14)7/h2*8H,1-7H3. The van der Waals surface area contributed by atoms with Gasteiger partial charge in [-0.3, -0.25) is 0 Å². The normalized spacial score (nSPS) is 11.1. The molecule has 0 amide bonds. The topological polar surface area (TPSA) is 0 Å². The monoisotopic (exact) mass is 380 g/mol. The Balaban J connectivity index is 0.000000280. The number of hydrogen-bond donors (Lipinski definition) is 0. The highest BCUT2D eigenvalue weighted by atomic mass is 14.2. The van der Waals surface area contributed by atoms with Crippen molar-refractivity contribution < 1.29 is 0 Å². The Morgan fingerprint density at radius 1 is 0.286 bits per heavy atom. The lowest BCUT2D eigenvalue weighted by atomic mass is 9.85. The van der Waals surface area contributed by atoms with Crippen molar-refractivity contribution in [3.05, 3.63) is 66.8 Å². The van der Waals surface area contributed by atoms with Crippen molar-refractivity contribution in [2.75, 3.05) is 0 Å². The molecule has 0 nitrogen and oxygen atoms in total. The minimum absolute atomic E-state index is 0.632. The van der Waals surface area contributed by atoms with Crippen molar-refractivity contribution in [1.29, 1.82) is 0 Å². The lowest BCUT2D eigenvalue weighted by Gasteiger charge is -2.21. The molecule has 0 N–H and O–H groups in total. The van der Waals surface area contributed by atoms with E-state index in [1.165, 1.54) is 55.6 Å². The van der Waals surface area contributed by atoms with E-state index < -0.39 is 0 Å². The van der Waals surface area contributed by atoms with E-state index in [1.807, 2.05) is 0 Å². The SMILES string of the molecule is Cc1c(C)c(C)c(C(C)C)c(C)c1C.Cc1c(C)c(C)c(C(C)C)c(C)c1C. The van der Waals surface area contributed by atoms with Crippen LogP contribution in [0, 0.1) is 69.2 Å². The van der Waals surface area contributed by atoms with Gasteiger partial charge in [0, 0.05) is 0 Å². The molecule has 0 spiro atoms. The fourth-order valence-electron chi connectivity index (χ4n) is 4.79. The van der Waals surface area contributed by atoms with Gasteiger partial charge in [-0.05, 0) is 148 Å². The molecule has 0 unspecified atom stereocenters. The third kappa shape index (κ3) is 4.53. The van der Waals surface area contributed by atoms with Gasteiger partial charge in [-0.25, -0.2) is 0 Å². The minimum atomic E-state index is 0.632. The van der Waals surface area contributed by atoms with Crippen LogP contribution in [0.5, 0.6) is 0 Å². The molecule has 0 atom stereocenters. The first kappa shape index (κ1) is 24.5. The van der Waals surface area contributed by atoms with Crippen molar-refractivity contribution in [3.63, 3.8) is 0 Å². The first-order valence-corrected chi connectivity index (χ1v) is 10.9. The average molecular weight is 381 g/mol. The first-order valence-electron chi connectivity index (χ1n) is 10.9. The Morgan fingerprint density at radius 3 is 0.571 bits per heavy atom. The van der Waals surface area contributed by atoms with Crippen LogP contribution >= 0.6 is 0 Å². The van der Waals surface area contributed by atoms with Crippen LogP contribution in [0.3, 0.4) is 0 Å². The molecule has 0 aliphatic carbocycles. The number of benzene rings is 2. The summed E-state index contributed by atoms with van der Waals surface area (Å²) in [4.78, 5) is 0. The molecule has 0 heterocycles. The molecule has 0 fully saturated rings. The molecule has 0 aromatic heterocycles. The van der Waals surface area contributed by atoms with Crippen molar-refractivity contribution in [2.45, 2.75) is 109 Å². The maximum atomic E-state index is 2.28. The highest BCUT2D eigenvalue weighted by molar-refractivity contribution is 5.51. The van der Waals surface area contributed by atoms with Gasteiger partial charge in [-0.15, -0.1) is 0 Å². The zero-order valence-corrected chi connectivity index (χ0v) is 21.2. The Labute approximate surface area is 175 Å². The molecular weight excluding hydrogens is 336 g/mol. The first-order chi connectivity index (χ1) is 12.7. The van der Waals surface area contributed by atoms with E-state index in [0.717, 1.165) is 0 Å². The molecule has 2 rings (SSSR count). The lowest BCUT2D eigenvalue weighted by Crippen LogP contribution is -2.04. The Hall–Kier alpha value is -1.56. The van der Waals surface area contributed by atoms with Crippen molar-refractivity contribution in [2.24, 2.45) is 0 Å². The second-order valence-electron chi connectivity index (χ2n) is 9.39. The third-order valence-electron chi connectivity index (χ3n) is 7.27. The lowest BCUT2D eigenvalue weighted by molar-refractivity contribution is 0.837. The van der Waals surface area contributed by atoms with Gasteiger partial charge in [0.2, 0.25) is 0 Å². The molecular formula is C28H44. The van der Waals surface area contributed by atoms with E-state index >= 15 is 0 Å². The van der Waals surface area contributed by atoms with Crippen LogP contribution in [0.15, 0.2) is 0 Å². The van der Waals surface area contributed by atoms with Crippen molar-refractivity contribution >= 4 is 0 Å². The van der Waals surface area contributed by atoms with E-state index in [0.29, 0.717) is 11.8 Å². The quantitative estimate of drug-likeness (QED) is 0.488. The van der Waals surface area contributed by atoms with E-state index in [4.69, 9.17) is 0 Å². The number of hydrogen-bond acceptors (Lipinski definition) is 0. The van der Waals surface area contributed by atoms with Gasteiger partial charge in [0.05, 0.1) is 0 Å². The largest absolute Gasteiger partial charge is 0.0587 e. The van der Waals surface area contributed by atoms with Crippen LogP contribution in [0.1, 0.15) is 106 Å². The molecule has 0 aliphatic rings. The van der Waals surface area contributed by atoms with Crippen LogP contribution in [-0.2, 0) is 0 Å². The Kier molecular flexibility index (Phi) is 8.12. The summed E-state index contributed by atoms with van der Waals surface area (Å²) in [5.74, 6) is 1.26. The summed E-state index contributed by atoms with van der Waals surface area (Å²) in [6, 6.07) is 0. The summed E-state index contributed by atoms with van der Waals surface area (Å²) >= 11 is 0. The van der Waals surface area contributed by atoms with Gasteiger partial charge in [0.25, 0.3) is 0 Å². The molecule has 2 aromatic carbocycles. The van der Waals surface area contributed by atoms with Gasteiger partial charge in [-0.2, -0.15) is 0 Å². The van der Waals surface area contributed by atoms with Gasteiger partial charge in [-0.1, -0.05) is 27.7 Å². The molecule has 28 heavy (non-hydrogen) atoms. The zero-order valence-electron chi connectivity index (χ0n) is 21.2. The predicted molar refractivity (Wildman–Crippen MR) is 128 cm³/mol. The minimum Gasteiger partial charge on any atom is -0.0587 e. The third-order valence-corrected chi connectivity index (χ3v) is 7.27. The van der Waals surface area contributed by atoms with E-state index in [9.17, 15) is 0 Å². The molecule has 156 valence electrons. The maximum absolute atomic E-state index is 2.28. The zero-order chi connectivity index (χ0) is 22.1. The molecule has 0 aliphatic heterocycles. The summed E-state index contributed by atoms with van der Waals surface area (Å²) in [6.45, 7) is 31.6. The number of rotatable bonds is 2. The van der Waals surface area contributed by atoms with E-state index in [-0.39, 0.29) is 0 Å². The second-order valence-corrected chi connectivity index (χ2v) is 9.39. The fourth-order valence-corrected chi connectivity index (χ4v) is 4.79. The van der Waals surface area contributed by atoms with E-state index in [2.05, 4.69) is 96.9 Å². The fraction of sp³-hybridized carbons (Fsp3) is 0.571. The molecule has 2 aromatic rings. The van der Waals surface area contributed by atoms with Crippen LogP contribution in [0.2, 0.25) is 0 Å². The smallest absolute Gasteiger partial charge is 0.0213 e. The van der Waals surface area contributed by atoms with Crippen LogP contribution in [0.4, 0.5) is 0 Å². The van der Waals surface area contributed by atoms with Crippen molar-refractivity contribution in [3.8, 4) is 0 Å². The molecule has 0 saturated heterocycles. The van der Waals surface area contributed by atoms with Crippen molar-refractivity contribution in [1.82, 2.24) is 0 Å². The van der Waals surface area contributed by atoms with Crippen LogP contribution in [0.25, 0.3) is 0 Å². The van der Waals surface area contributed by atoms with Gasteiger partial charge < -0.3 is 0 Å². The van der Waals surface area contributed by atoms with Crippen LogP contribution < -0.4 is 0 Å². The summed E-state index contributed by atoms with van der Waals surface area (Å²) in [5, 5.41) is 0. The Morgan fingerprint density at radius 2 is 0.429 bits per heavy atom. The van der Waals surface area contributed by atoms with E-state index in [1.54, 1.807) is 11.1 Å². The predicted octanol–water partition coefficient (Wildman–Crippen LogP) is 8.70.